The molecule has 3 aromatic rings. The van der Waals surface area contributed by atoms with Gasteiger partial charge in [0.15, 0.2) is 0 Å². The molecule has 0 saturated heterocycles. The van der Waals surface area contributed by atoms with E-state index in [1.807, 2.05) is 66.1 Å². The molecule has 0 fully saturated rings. The zero-order valence-corrected chi connectivity index (χ0v) is 13.5. The normalized spacial score (nSPS) is 12.2. The molecule has 0 amide bonds. The first kappa shape index (κ1) is 15.5. The molecule has 0 spiro atoms. The summed E-state index contributed by atoms with van der Waals surface area (Å²) in [4.78, 5) is 4.41. The predicted molar refractivity (Wildman–Crippen MR) is 91.2 cm³/mol. The highest BCUT2D eigenvalue weighted by Gasteiger charge is 2.08. The van der Waals surface area contributed by atoms with Gasteiger partial charge >= 0.3 is 0 Å². The molecule has 3 rings (SSSR count). The van der Waals surface area contributed by atoms with Crippen molar-refractivity contribution in [2.75, 3.05) is 0 Å². The second kappa shape index (κ2) is 6.36. The summed E-state index contributed by atoms with van der Waals surface area (Å²) in [6.07, 6.45) is 3.41. The summed E-state index contributed by atoms with van der Waals surface area (Å²) in [6, 6.07) is 15.1. The number of fused-ring (bicyclic) bond motifs is 1. The maximum absolute atomic E-state index is 12.0. The van der Waals surface area contributed by atoms with Crippen molar-refractivity contribution in [1.29, 1.82) is 0 Å². The first-order valence-electron chi connectivity index (χ1n) is 7.20. The summed E-state index contributed by atoms with van der Waals surface area (Å²) < 4.78 is 28.5. The van der Waals surface area contributed by atoms with E-state index in [0.717, 1.165) is 16.9 Å². The van der Waals surface area contributed by atoms with E-state index in [9.17, 15) is 8.42 Å². The van der Waals surface area contributed by atoms with Crippen LogP contribution in [0.3, 0.4) is 0 Å². The Kier molecular flexibility index (Phi) is 4.27. The molecule has 1 aromatic carbocycles. The number of hydrogen-bond acceptors (Lipinski definition) is 3. The Morgan fingerprint density at radius 3 is 2.65 bits per heavy atom. The average molecular weight is 327 g/mol. The number of rotatable bonds is 5. The van der Waals surface area contributed by atoms with Crippen LogP contribution in [0.5, 0.6) is 0 Å². The first-order valence-corrected chi connectivity index (χ1v) is 8.74. The maximum atomic E-state index is 12.0. The minimum atomic E-state index is -3.51. The molecule has 0 aliphatic rings. The molecule has 6 heteroatoms. The van der Waals surface area contributed by atoms with Crippen LogP contribution in [-0.2, 0) is 16.6 Å². The van der Waals surface area contributed by atoms with E-state index in [-0.39, 0.29) is 6.54 Å². The number of imidazole rings is 1. The van der Waals surface area contributed by atoms with E-state index in [4.69, 9.17) is 0 Å². The summed E-state index contributed by atoms with van der Waals surface area (Å²) in [5, 5.41) is 1.17. The fourth-order valence-electron chi connectivity index (χ4n) is 2.24. The van der Waals surface area contributed by atoms with Crippen LogP contribution in [-0.4, -0.2) is 17.8 Å². The molecule has 0 atom stereocenters. The van der Waals surface area contributed by atoms with Gasteiger partial charge < -0.3 is 4.40 Å². The van der Waals surface area contributed by atoms with Crippen LogP contribution in [0.4, 0.5) is 0 Å². The highest BCUT2D eigenvalue weighted by atomic mass is 32.2. The van der Waals surface area contributed by atoms with Crippen LogP contribution in [0.1, 0.15) is 17.0 Å². The van der Waals surface area contributed by atoms with Crippen molar-refractivity contribution in [1.82, 2.24) is 14.1 Å². The fraction of sp³-hybridized carbons (Fsp3) is 0.118. The van der Waals surface area contributed by atoms with E-state index in [0.29, 0.717) is 5.69 Å². The Balaban J connectivity index is 1.71. The lowest BCUT2D eigenvalue weighted by Gasteiger charge is -2.00. The first-order chi connectivity index (χ1) is 11.0. The summed E-state index contributed by atoms with van der Waals surface area (Å²) >= 11 is 0. The zero-order chi connectivity index (χ0) is 16.3. The van der Waals surface area contributed by atoms with Crippen LogP contribution in [0.15, 0.2) is 60.1 Å². The molecular weight excluding hydrogens is 310 g/mol. The lowest BCUT2D eigenvalue weighted by atomic mass is 10.2. The van der Waals surface area contributed by atoms with Gasteiger partial charge in [-0.25, -0.2) is 18.1 Å². The SMILES string of the molecule is Cc1cccc2nc(CNS(=O)(=O)/C=C\c3ccccc3)cn12. The van der Waals surface area contributed by atoms with Gasteiger partial charge in [-0.2, -0.15) is 0 Å². The van der Waals surface area contributed by atoms with E-state index in [2.05, 4.69) is 9.71 Å². The van der Waals surface area contributed by atoms with E-state index in [1.165, 1.54) is 5.41 Å². The zero-order valence-electron chi connectivity index (χ0n) is 12.7. The van der Waals surface area contributed by atoms with Gasteiger partial charge in [-0.3, -0.25) is 0 Å². The van der Waals surface area contributed by atoms with Crippen molar-refractivity contribution in [3.63, 3.8) is 0 Å². The highest BCUT2D eigenvalue weighted by Crippen LogP contribution is 2.09. The third kappa shape index (κ3) is 3.85. The Bertz CT molecular complexity index is 944. The molecule has 0 aliphatic carbocycles. The van der Waals surface area contributed by atoms with Crippen LogP contribution in [0.25, 0.3) is 11.7 Å². The second-order valence-electron chi connectivity index (χ2n) is 5.21. The lowest BCUT2D eigenvalue weighted by Crippen LogP contribution is -2.20. The van der Waals surface area contributed by atoms with Gasteiger partial charge in [0.1, 0.15) is 5.65 Å². The van der Waals surface area contributed by atoms with Crippen LogP contribution in [0.2, 0.25) is 0 Å². The molecule has 23 heavy (non-hydrogen) atoms. The molecular formula is C17H17N3O2S. The quantitative estimate of drug-likeness (QED) is 0.784. The molecule has 2 heterocycles. The molecule has 118 valence electrons. The number of hydrogen-bond donors (Lipinski definition) is 1. The Morgan fingerprint density at radius 2 is 1.91 bits per heavy atom. The van der Waals surface area contributed by atoms with E-state index < -0.39 is 10.0 Å². The third-order valence-corrected chi connectivity index (χ3v) is 4.48. The Hall–Kier alpha value is -2.44. The largest absolute Gasteiger partial charge is 0.304 e. The standard InChI is InChI=1S/C17H17N3O2S/c1-14-6-5-9-17-19-16(13-20(14)17)12-18-23(21,22)11-10-15-7-3-2-4-8-15/h2-11,13,18H,12H2,1H3/b11-10-. The van der Waals surface area contributed by atoms with E-state index >= 15 is 0 Å². The summed E-state index contributed by atoms with van der Waals surface area (Å²) in [5.74, 6) is 0. The molecule has 0 saturated carbocycles. The topological polar surface area (TPSA) is 63.5 Å². The number of sulfonamides is 1. The summed E-state index contributed by atoms with van der Waals surface area (Å²) in [6.45, 7) is 2.13. The van der Waals surface area contributed by atoms with Gasteiger partial charge in [0.25, 0.3) is 0 Å². The van der Waals surface area contributed by atoms with Crippen molar-refractivity contribution in [3.05, 3.63) is 77.1 Å². The van der Waals surface area contributed by atoms with Gasteiger partial charge in [-0.1, -0.05) is 36.4 Å². The lowest BCUT2D eigenvalue weighted by molar-refractivity contribution is 0.590. The average Bonchev–Trinajstić information content (AvgIpc) is 2.97. The van der Waals surface area contributed by atoms with Gasteiger partial charge in [0, 0.05) is 17.3 Å². The number of aromatic nitrogens is 2. The van der Waals surface area contributed by atoms with Crippen LogP contribution < -0.4 is 4.72 Å². The number of nitrogens with zero attached hydrogens (tertiary/aromatic N) is 2. The molecule has 0 bridgehead atoms. The number of aryl methyl sites for hydroxylation is 1. The van der Waals surface area contributed by atoms with Crippen molar-refractivity contribution in [3.8, 4) is 0 Å². The van der Waals surface area contributed by atoms with Gasteiger partial charge in [-0.05, 0) is 30.7 Å². The smallest absolute Gasteiger partial charge is 0.234 e. The van der Waals surface area contributed by atoms with E-state index in [1.54, 1.807) is 6.08 Å². The molecule has 1 N–H and O–H groups in total. The van der Waals surface area contributed by atoms with Crippen LogP contribution in [0, 0.1) is 6.92 Å². The maximum Gasteiger partial charge on any atom is 0.234 e. The minimum Gasteiger partial charge on any atom is -0.304 e. The molecule has 5 nitrogen and oxygen atoms in total. The van der Waals surface area contributed by atoms with Crippen molar-refractivity contribution in [2.45, 2.75) is 13.5 Å². The molecule has 0 unspecified atom stereocenters. The number of pyridine rings is 1. The molecule has 0 radical (unpaired) electrons. The van der Waals surface area contributed by atoms with Gasteiger partial charge in [0.2, 0.25) is 10.0 Å². The van der Waals surface area contributed by atoms with Crippen molar-refractivity contribution >= 4 is 21.7 Å². The molecule has 2 aromatic heterocycles. The Labute approximate surface area is 135 Å². The number of benzene rings is 1. The monoisotopic (exact) mass is 327 g/mol. The van der Waals surface area contributed by atoms with Crippen molar-refractivity contribution < 1.29 is 8.42 Å². The van der Waals surface area contributed by atoms with Crippen molar-refractivity contribution in [2.24, 2.45) is 0 Å². The van der Waals surface area contributed by atoms with Crippen LogP contribution >= 0.6 is 0 Å². The predicted octanol–water partition coefficient (Wildman–Crippen LogP) is 2.73. The minimum absolute atomic E-state index is 0.155. The fourth-order valence-corrected chi connectivity index (χ4v) is 3.02. The number of nitrogens with one attached hydrogen (secondary N) is 1. The van der Waals surface area contributed by atoms with Gasteiger partial charge in [-0.15, -0.1) is 0 Å². The molecule has 0 aliphatic heterocycles. The highest BCUT2D eigenvalue weighted by molar-refractivity contribution is 7.92. The third-order valence-electron chi connectivity index (χ3n) is 3.44. The Morgan fingerprint density at radius 1 is 1.13 bits per heavy atom. The summed E-state index contributed by atoms with van der Waals surface area (Å²) in [5.41, 5.74) is 3.37. The summed E-state index contributed by atoms with van der Waals surface area (Å²) in [7, 11) is -3.51. The van der Waals surface area contributed by atoms with Gasteiger partial charge in [0.05, 0.1) is 12.2 Å². The second-order valence-corrected chi connectivity index (χ2v) is 6.86.